The number of benzene rings is 1. The van der Waals surface area contributed by atoms with Gasteiger partial charge in [0.05, 0.1) is 2.88 Å². The summed E-state index contributed by atoms with van der Waals surface area (Å²) in [6, 6.07) is 8.03. The molecule has 0 spiro atoms. The third-order valence-corrected chi connectivity index (χ3v) is 5.11. The Hall–Kier alpha value is -0.590. The molecule has 1 aromatic heterocycles. The highest BCUT2D eigenvalue weighted by Crippen LogP contribution is 2.37. The van der Waals surface area contributed by atoms with Crippen molar-refractivity contribution >= 4 is 33.9 Å². The maximum atomic E-state index is 10.4. The molecule has 1 N–H and O–H groups in total. The Morgan fingerprint density at radius 2 is 2.11 bits per heavy atom. The molecule has 1 atom stereocenters. The van der Waals surface area contributed by atoms with Crippen LogP contribution in [0.1, 0.15) is 36.6 Å². The van der Waals surface area contributed by atoms with Crippen molar-refractivity contribution in [2.24, 2.45) is 0 Å². The molecule has 1 aromatic carbocycles. The van der Waals surface area contributed by atoms with Crippen LogP contribution >= 0.6 is 33.9 Å². The van der Waals surface area contributed by atoms with Gasteiger partial charge in [0.2, 0.25) is 0 Å². The molecule has 1 aliphatic heterocycles. The van der Waals surface area contributed by atoms with Crippen molar-refractivity contribution in [1.29, 1.82) is 0 Å². The summed E-state index contributed by atoms with van der Waals surface area (Å²) in [7, 11) is 0. The lowest BCUT2D eigenvalue weighted by Gasteiger charge is -2.16. The minimum Gasteiger partial charge on any atom is -0.487 e. The summed E-state index contributed by atoms with van der Waals surface area (Å²) in [5, 5.41) is 12.4. The van der Waals surface area contributed by atoms with Crippen LogP contribution in [0.15, 0.2) is 29.6 Å². The molecule has 1 aliphatic rings. The van der Waals surface area contributed by atoms with E-state index in [4.69, 9.17) is 4.74 Å². The molecule has 0 radical (unpaired) electrons. The van der Waals surface area contributed by atoms with Gasteiger partial charge in [-0.15, -0.1) is 11.3 Å². The molecule has 4 heteroatoms. The first-order valence-corrected chi connectivity index (χ1v) is 8.14. The Labute approximate surface area is 130 Å². The SMILES string of the molecule is CC1(C)Cc2cc(C(O)c3csc(I)c3)ccc2O1. The highest BCUT2D eigenvalue weighted by Gasteiger charge is 2.30. The molecule has 2 heterocycles. The van der Waals surface area contributed by atoms with Crippen LogP contribution in [0.2, 0.25) is 0 Å². The molecule has 0 aliphatic carbocycles. The Bertz CT molecular complexity index is 618. The topological polar surface area (TPSA) is 29.5 Å². The first-order chi connectivity index (χ1) is 8.94. The molecule has 100 valence electrons. The molecule has 2 aromatic rings. The van der Waals surface area contributed by atoms with E-state index in [2.05, 4.69) is 42.5 Å². The van der Waals surface area contributed by atoms with Crippen LogP contribution in [-0.2, 0) is 6.42 Å². The Morgan fingerprint density at radius 3 is 2.79 bits per heavy atom. The average molecular weight is 386 g/mol. The maximum absolute atomic E-state index is 10.4. The monoisotopic (exact) mass is 386 g/mol. The van der Waals surface area contributed by atoms with Gasteiger partial charge in [-0.2, -0.15) is 0 Å². The van der Waals surface area contributed by atoms with E-state index in [1.54, 1.807) is 11.3 Å². The van der Waals surface area contributed by atoms with Crippen LogP contribution in [0.4, 0.5) is 0 Å². The molecule has 2 nitrogen and oxygen atoms in total. The predicted octanol–water partition coefficient (Wildman–Crippen LogP) is 4.15. The summed E-state index contributed by atoms with van der Waals surface area (Å²) >= 11 is 3.93. The fourth-order valence-corrected chi connectivity index (χ4v) is 3.85. The number of hydrogen-bond donors (Lipinski definition) is 1. The van der Waals surface area contributed by atoms with E-state index in [1.807, 2.05) is 23.6 Å². The van der Waals surface area contributed by atoms with Gasteiger partial charge in [0.15, 0.2) is 0 Å². The number of ether oxygens (including phenoxy) is 1. The Morgan fingerprint density at radius 1 is 1.32 bits per heavy atom. The predicted molar refractivity (Wildman–Crippen MR) is 86.0 cm³/mol. The number of aliphatic hydroxyl groups excluding tert-OH is 1. The second-order valence-corrected chi connectivity index (χ2v) is 8.30. The highest BCUT2D eigenvalue weighted by atomic mass is 127. The molecule has 0 saturated heterocycles. The van der Waals surface area contributed by atoms with E-state index in [0.29, 0.717) is 0 Å². The lowest BCUT2D eigenvalue weighted by atomic mass is 9.97. The maximum Gasteiger partial charge on any atom is 0.123 e. The second kappa shape index (κ2) is 4.75. The van der Waals surface area contributed by atoms with Gasteiger partial charge < -0.3 is 9.84 Å². The van der Waals surface area contributed by atoms with Gasteiger partial charge in [-0.05, 0) is 76.7 Å². The molecule has 0 saturated carbocycles. The van der Waals surface area contributed by atoms with E-state index in [-0.39, 0.29) is 5.60 Å². The quantitative estimate of drug-likeness (QED) is 0.786. The van der Waals surface area contributed by atoms with Crippen LogP contribution in [0.3, 0.4) is 0 Å². The smallest absolute Gasteiger partial charge is 0.123 e. The van der Waals surface area contributed by atoms with Crippen molar-refractivity contribution in [2.45, 2.75) is 32.0 Å². The summed E-state index contributed by atoms with van der Waals surface area (Å²) in [5.41, 5.74) is 2.96. The molecule has 0 fully saturated rings. The number of rotatable bonds is 2. The second-order valence-electron chi connectivity index (χ2n) is 5.49. The van der Waals surface area contributed by atoms with Crippen LogP contribution in [0.25, 0.3) is 0 Å². The number of fused-ring (bicyclic) bond motifs is 1. The van der Waals surface area contributed by atoms with Crippen molar-refractivity contribution < 1.29 is 9.84 Å². The number of aliphatic hydroxyl groups is 1. The molecule has 1 unspecified atom stereocenters. The average Bonchev–Trinajstić information content (AvgIpc) is 2.88. The zero-order valence-electron chi connectivity index (χ0n) is 10.8. The van der Waals surface area contributed by atoms with Gasteiger partial charge in [-0.1, -0.05) is 6.07 Å². The lowest BCUT2D eigenvalue weighted by Crippen LogP contribution is -2.24. The molecule has 0 bridgehead atoms. The number of halogens is 1. The van der Waals surface area contributed by atoms with Gasteiger partial charge in [0, 0.05) is 6.42 Å². The summed E-state index contributed by atoms with van der Waals surface area (Å²) in [6.07, 6.45) is 0.345. The Kier molecular flexibility index (Phi) is 3.35. The zero-order chi connectivity index (χ0) is 13.6. The van der Waals surface area contributed by atoms with Gasteiger partial charge >= 0.3 is 0 Å². The van der Waals surface area contributed by atoms with E-state index >= 15 is 0 Å². The van der Waals surface area contributed by atoms with Crippen molar-refractivity contribution in [2.75, 3.05) is 0 Å². The first-order valence-electron chi connectivity index (χ1n) is 6.18. The highest BCUT2D eigenvalue weighted by molar-refractivity contribution is 14.1. The minimum atomic E-state index is -0.547. The normalized spacial score (nSPS) is 17.9. The van der Waals surface area contributed by atoms with Crippen molar-refractivity contribution in [3.05, 3.63) is 49.2 Å². The third-order valence-electron chi connectivity index (χ3n) is 3.31. The fourth-order valence-electron chi connectivity index (χ4n) is 2.46. The van der Waals surface area contributed by atoms with Crippen molar-refractivity contribution in [3.63, 3.8) is 0 Å². The number of thiophene rings is 1. The van der Waals surface area contributed by atoms with Gasteiger partial charge in [-0.25, -0.2) is 0 Å². The fraction of sp³-hybridized carbons (Fsp3) is 0.333. The minimum absolute atomic E-state index is 0.135. The Balaban J connectivity index is 1.92. The summed E-state index contributed by atoms with van der Waals surface area (Å²) in [5.74, 6) is 0.945. The van der Waals surface area contributed by atoms with E-state index in [9.17, 15) is 5.11 Å². The summed E-state index contributed by atoms with van der Waals surface area (Å²) in [4.78, 5) is 0. The van der Waals surface area contributed by atoms with Gasteiger partial charge in [0.25, 0.3) is 0 Å². The van der Waals surface area contributed by atoms with Crippen LogP contribution in [-0.4, -0.2) is 10.7 Å². The van der Waals surface area contributed by atoms with Crippen molar-refractivity contribution in [3.8, 4) is 5.75 Å². The summed E-state index contributed by atoms with van der Waals surface area (Å²) in [6.45, 7) is 4.18. The molecular formula is C15H15IO2S. The van der Waals surface area contributed by atoms with Crippen LogP contribution < -0.4 is 4.74 Å². The molecule has 0 amide bonds. The zero-order valence-corrected chi connectivity index (χ0v) is 13.8. The molecule has 3 rings (SSSR count). The third kappa shape index (κ3) is 2.66. The van der Waals surface area contributed by atoms with E-state index in [1.165, 1.54) is 8.45 Å². The molecule has 19 heavy (non-hydrogen) atoms. The first kappa shape index (κ1) is 13.4. The van der Waals surface area contributed by atoms with E-state index < -0.39 is 6.10 Å². The van der Waals surface area contributed by atoms with E-state index in [0.717, 1.165) is 23.3 Å². The number of hydrogen-bond acceptors (Lipinski definition) is 3. The van der Waals surface area contributed by atoms with Gasteiger partial charge in [-0.3, -0.25) is 0 Å². The van der Waals surface area contributed by atoms with Gasteiger partial charge in [0.1, 0.15) is 17.5 Å². The standard InChI is InChI=1S/C15H15IO2S/c1-15(2)7-10-5-9(3-4-12(10)18-15)14(17)11-6-13(16)19-8-11/h3-6,8,14,17H,7H2,1-2H3. The van der Waals surface area contributed by atoms with Crippen molar-refractivity contribution in [1.82, 2.24) is 0 Å². The van der Waals surface area contributed by atoms with Crippen LogP contribution in [0, 0.1) is 2.88 Å². The van der Waals surface area contributed by atoms with Crippen LogP contribution in [0.5, 0.6) is 5.75 Å². The molecular weight excluding hydrogens is 371 g/mol. The largest absolute Gasteiger partial charge is 0.487 e. The summed E-state index contributed by atoms with van der Waals surface area (Å²) < 4.78 is 7.05. The lowest BCUT2D eigenvalue weighted by molar-refractivity contribution is 0.138.